The Hall–Kier alpha value is -2.82. The lowest BCUT2D eigenvalue weighted by Crippen LogP contribution is -2.27. The summed E-state index contributed by atoms with van der Waals surface area (Å²) >= 11 is 0. The molecule has 0 bridgehead atoms. The third-order valence-corrected chi connectivity index (χ3v) is 2.91. The van der Waals surface area contributed by atoms with Gasteiger partial charge in [-0.15, -0.1) is 0 Å². The zero-order valence-corrected chi connectivity index (χ0v) is 11.4. The Labute approximate surface area is 122 Å². The van der Waals surface area contributed by atoms with Crippen molar-refractivity contribution in [1.29, 1.82) is 0 Å². The van der Waals surface area contributed by atoms with Crippen LogP contribution in [0.3, 0.4) is 0 Å². The van der Waals surface area contributed by atoms with Crippen molar-refractivity contribution in [3.05, 3.63) is 54.6 Å². The first-order valence-electron chi connectivity index (χ1n) is 6.57. The van der Waals surface area contributed by atoms with Crippen molar-refractivity contribution in [2.45, 2.75) is 0 Å². The van der Waals surface area contributed by atoms with Crippen LogP contribution in [0.2, 0.25) is 0 Å². The molecule has 0 atom stereocenters. The van der Waals surface area contributed by atoms with E-state index in [1.54, 1.807) is 0 Å². The highest BCUT2D eigenvalue weighted by Crippen LogP contribution is 2.22. The van der Waals surface area contributed by atoms with Gasteiger partial charge in [0, 0.05) is 36.3 Å². The fraction of sp³-hybridized carbons (Fsp3) is 0.125. The molecule has 0 saturated heterocycles. The Morgan fingerprint density at radius 3 is 2.57 bits per heavy atom. The van der Waals surface area contributed by atoms with E-state index in [1.807, 2.05) is 42.5 Å². The quantitative estimate of drug-likeness (QED) is 0.560. The summed E-state index contributed by atoms with van der Waals surface area (Å²) in [4.78, 5) is 21.5. The van der Waals surface area contributed by atoms with Crippen molar-refractivity contribution in [1.82, 2.24) is 5.32 Å². The van der Waals surface area contributed by atoms with E-state index < -0.39 is 11.9 Å². The Morgan fingerprint density at radius 2 is 1.76 bits per heavy atom. The lowest BCUT2D eigenvalue weighted by Gasteiger charge is -2.10. The van der Waals surface area contributed by atoms with Gasteiger partial charge in [-0.05, 0) is 11.5 Å². The highest BCUT2D eigenvalue weighted by Gasteiger charge is 2.00. The predicted octanol–water partition coefficient (Wildman–Crippen LogP) is 2.01. The minimum absolute atomic E-state index is 0.409. The number of amides is 1. The van der Waals surface area contributed by atoms with Crippen molar-refractivity contribution in [2.75, 3.05) is 18.4 Å². The fourth-order valence-electron chi connectivity index (χ4n) is 1.97. The lowest BCUT2D eigenvalue weighted by atomic mass is 10.1. The number of hydrogen-bond donors (Lipinski definition) is 3. The first kappa shape index (κ1) is 14.6. The normalized spacial score (nSPS) is 10.7. The van der Waals surface area contributed by atoms with Crippen LogP contribution < -0.4 is 10.6 Å². The highest BCUT2D eigenvalue weighted by molar-refractivity contribution is 5.94. The first-order valence-corrected chi connectivity index (χ1v) is 6.57. The molecule has 21 heavy (non-hydrogen) atoms. The molecular weight excluding hydrogens is 268 g/mol. The summed E-state index contributed by atoms with van der Waals surface area (Å²) in [6, 6.07) is 14.0. The van der Waals surface area contributed by atoms with Crippen LogP contribution in [0.1, 0.15) is 0 Å². The molecule has 0 heterocycles. The number of rotatable bonds is 6. The number of carbonyl (C=O) groups is 2. The SMILES string of the molecule is O=C(O)/C=C\C(=O)NCCNc1cccc2ccccc12. The molecule has 0 radical (unpaired) electrons. The molecule has 0 aliphatic carbocycles. The molecule has 0 saturated carbocycles. The number of benzene rings is 2. The molecule has 5 heteroatoms. The number of carbonyl (C=O) groups excluding carboxylic acids is 1. The summed E-state index contributed by atoms with van der Waals surface area (Å²) in [5.41, 5.74) is 1.00. The van der Waals surface area contributed by atoms with Crippen LogP contribution in [-0.4, -0.2) is 30.1 Å². The maximum atomic E-state index is 11.3. The van der Waals surface area contributed by atoms with Gasteiger partial charge in [-0.1, -0.05) is 36.4 Å². The molecule has 5 nitrogen and oxygen atoms in total. The van der Waals surface area contributed by atoms with Crippen molar-refractivity contribution in [2.24, 2.45) is 0 Å². The number of nitrogens with one attached hydrogen (secondary N) is 2. The lowest BCUT2D eigenvalue weighted by molar-refractivity contribution is -0.131. The van der Waals surface area contributed by atoms with Crippen LogP contribution >= 0.6 is 0 Å². The average molecular weight is 284 g/mol. The average Bonchev–Trinajstić information content (AvgIpc) is 2.49. The zero-order chi connectivity index (χ0) is 15.1. The number of hydrogen-bond acceptors (Lipinski definition) is 3. The molecule has 2 aromatic rings. The monoisotopic (exact) mass is 284 g/mol. The fourth-order valence-corrected chi connectivity index (χ4v) is 1.97. The van der Waals surface area contributed by atoms with E-state index in [0.29, 0.717) is 13.1 Å². The molecule has 0 spiro atoms. The molecular formula is C16H16N2O3. The van der Waals surface area contributed by atoms with Crippen LogP contribution in [-0.2, 0) is 9.59 Å². The standard InChI is InChI=1S/C16H16N2O3/c19-15(8-9-16(20)21)18-11-10-17-14-7-3-5-12-4-1-2-6-13(12)14/h1-9,17H,10-11H2,(H,18,19)(H,20,21)/b9-8-. The molecule has 2 aromatic carbocycles. The van der Waals surface area contributed by atoms with Crippen LogP contribution in [0, 0.1) is 0 Å². The van der Waals surface area contributed by atoms with E-state index in [-0.39, 0.29) is 0 Å². The molecule has 0 aromatic heterocycles. The van der Waals surface area contributed by atoms with E-state index in [1.165, 1.54) is 0 Å². The van der Waals surface area contributed by atoms with Gasteiger partial charge in [0.15, 0.2) is 0 Å². The summed E-state index contributed by atoms with van der Waals surface area (Å²) < 4.78 is 0. The summed E-state index contributed by atoms with van der Waals surface area (Å²) in [6.07, 6.45) is 1.81. The molecule has 0 fully saturated rings. The Bertz CT molecular complexity index is 675. The van der Waals surface area contributed by atoms with Gasteiger partial charge >= 0.3 is 5.97 Å². The van der Waals surface area contributed by atoms with Gasteiger partial charge in [-0.3, -0.25) is 4.79 Å². The highest BCUT2D eigenvalue weighted by atomic mass is 16.4. The third kappa shape index (κ3) is 4.35. The number of anilines is 1. The minimum Gasteiger partial charge on any atom is -0.478 e. The van der Waals surface area contributed by atoms with E-state index in [9.17, 15) is 9.59 Å². The van der Waals surface area contributed by atoms with Gasteiger partial charge in [-0.25, -0.2) is 4.79 Å². The predicted molar refractivity (Wildman–Crippen MR) is 82.2 cm³/mol. The number of carboxylic acid groups (broad SMARTS) is 1. The Morgan fingerprint density at radius 1 is 1.00 bits per heavy atom. The van der Waals surface area contributed by atoms with Crippen LogP contribution in [0.25, 0.3) is 10.8 Å². The molecule has 0 aliphatic heterocycles. The van der Waals surface area contributed by atoms with E-state index in [2.05, 4.69) is 10.6 Å². The van der Waals surface area contributed by atoms with E-state index in [0.717, 1.165) is 28.6 Å². The van der Waals surface area contributed by atoms with Gasteiger partial charge in [-0.2, -0.15) is 0 Å². The summed E-state index contributed by atoms with van der Waals surface area (Å²) in [7, 11) is 0. The number of carboxylic acids is 1. The van der Waals surface area contributed by atoms with Crippen molar-refractivity contribution < 1.29 is 14.7 Å². The molecule has 1 amide bonds. The molecule has 3 N–H and O–H groups in total. The second-order valence-electron chi connectivity index (χ2n) is 4.42. The molecule has 108 valence electrons. The zero-order valence-electron chi connectivity index (χ0n) is 11.4. The second-order valence-corrected chi connectivity index (χ2v) is 4.42. The summed E-state index contributed by atoms with van der Waals surface area (Å²) in [6.45, 7) is 0.965. The van der Waals surface area contributed by atoms with Gasteiger partial charge in [0.05, 0.1) is 0 Å². The molecule has 0 aliphatic rings. The second kappa shape index (κ2) is 7.09. The summed E-state index contributed by atoms with van der Waals surface area (Å²) in [5, 5.41) is 16.5. The first-order chi connectivity index (χ1) is 10.2. The Kier molecular flexibility index (Phi) is 4.93. The Balaban J connectivity index is 1.86. The van der Waals surface area contributed by atoms with Crippen LogP contribution in [0.4, 0.5) is 5.69 Å². The topological polar surface area (TPSA) is 78.4 Å². The van der Waals surface area contributed by atoms with Crippen molar-refractivity contribution in [3.63, 3.8) is 0 Å². The van der Waals surface area contributed by atoms with E-state index >= 15 is 0 Å². The summed E-state index contributed by atoms with van der Waals surface area (Å²) in [5.74, 6) is -1.56. The minimum atomic E-state index is -1.14. The maximum absolute atomic E-state index is 11.3. The van der Waals surface area contributed by atoms with E-state index in [4.69, 9.17) is 5.11 Å². The van der Waals surface area contributed by atoms with Gasteiger partial charge < -0.3 is 15.7 Å². The molecule has 2 rings (SSSR count). The number of aliphatic carboxylic acids is 1. The third-order valence-electron chi connectivity index (χ3n) is 2.91. The van der Waals surface area contributed by atoms with Gasteiger partial charge in [0.25, 0.3) is 0 Å². The largest absolute Gasteiger partial charge is 0.478 e. The van der Waals surface area contributed by atoms with Gasteiger partial charge in [0.2, 0.25) is 5.91 Å². The van der Waals surface area contributed by atoms with Crippen LogP contribution in [0.15, 0.2) is 54.6 Å². The molecule has 0 unspecified atom stereocenters. The van der Waals surface area contributed by atoms with Crippen molar-refractivity contribution >= 4 is 28.3 Å². The van der Waals surface area contributed by atoms with Crippen LogP contribution in [0.5, 0.6) is 0 Å². The smallest absolute Gasteiger partial charge is 0.328 e. The van der Waals surface area contributed by atoms with Crippen molar-refractivity contribution in [3.8, 4) is 0 Å². The maximum Gasteiger partial charge on any atom is 0.328 e. The van der Waals surface area contributed by atoms with Gasteiger partial charge in [0.1, 0.15) is 0 Å². The number of fused-ring (bicyclic) bond motifs is 1.